The predicted molar refractivity (Wildman–Crippen MR) is 149 cm³/mol. The maximum atomic E-state index is 14.2. The lowest BCUT2D eigenvalue weighted by Gasteiger charge is -2.27. The van der Waals surface area contributed by atoms with Crippen molar-refractivity contribution in [2.24, 2.45) is 11.8 Å². The van der Waals surface area contributed by atoms with Crippen molar-refractivity contribution in [2.75, 3.05) is 6.61 Å². The van der Waals surface area contributed by atoms with Crippen LogP contribution < -0.4 is 14.2 Å². The molecule has 1 atom stereocenters. The van der Waals surface area contributed by atoms with Gasteiger partial charge in [-0.05, 0) is 81.0 Å². The van der Waals surface area contributed by atoms with Gasteiger partial charge in [0.2, 0.25) is 11.6 Å². The van der Waals surface area contributed by atoms with Crippen molar-refractivity contribution in [3.8, 4) is 28.4 Å². The lowest BCUT2D eigenvalue weighted by molar-refractivity contribution is 0.169. The molecule has 0 N–H and O–H groups in total. The lowest BCUT2D eigenvalue weighted by atomic mass is 9.83. The molecule has 1 fully saturated rings. The molecule has 0 bridgehead atoms. The Morgan fingerprint density at radius 3 is 2.20 bits per heavy atom. The summed E-state index contributed by atoms with van der Waals surface area (Å²) in [5.41, 5.74) is 3.67. The summed E-state index contributed by atoms with van der Waals surface area (Å²) in [5.74, 6) is -0.903. The Bertz CT molecular complexity index is 1340. The summed E-state index contributed by atoms with van der Waals surface area (Å²) in [7, 11) is 0. The van der Waals surface area contributed by atoms with Crippen molar-refractivity contribution in [1.82, 2.24) is 0 Å². The number of benzene rings is 3. The Hall–Kier alpha value is -3.22. The number of aryl methyl sites for hydroxylation is 3. The summed E-state index contributed by atoms with van der Waals surface area (Å²) in [4.78, 5) is 0. The van der Waals surface area contributed by atoms with E-state index >= 15 is 0 Å². The third-order valence-corrected chi connectivity index (χ3v) is 8.33. The summed E-state index contributed by atoms with van der Waals surface area (Å²) in [6, 6.07) is 8.61. The van der Waals surface area contributed by atoms with Gasteiger partial charge in [0, 0.05) is 18.1 Å². The van der Waals surface area contributed by atoms with Crippen LogP contribution in [0.5, 0.6) is 17.2 Å². The van der Waals surface area contributed by atoms with E-state index in [1.807, 2.05) is 13.0 Å². The number of fused-ring (bicyclic) bond motifs is 4. The molecule has 0 saturated heterocycles. The average Bonchev–Trinajstić information content (AvgIpc) is 2.95. The Morgan fingerprint density at radius 1 is 0.800 bits per heavy atom. The van der Waals surface area contributed by atoms with Crippen LogP contribution >= 0.6 is 0 Å². The zero-order valence-electron chi connectivity index (χ0n) is 23.5. The molecule has 3 nitrogen and oxygen atoms in total. The first-order valence-corrected chi connectivity index (χ1v) is 14.1. The van der Waals surface area contributed by atoms with E-state index in [1.165, 1.54) is 12.8 Å². The van der Waals surface area contributed by atoms with Gasteiger partial charge in [-0.2, -0.15) is 8.78 Å². The molecule has 3 aliphatic rings. The zero-order chi connectivity index (χ0) is 28.6. The number of rotatable bonds is 3. The average molecular weight is 559 g/mol. The fraction of sp³-hybridized carbons (Fsp3) is 0.455. The highest BCUT2D eigenvalue weighted by Gasteiger charge is 2.27. The Kier molecular flexibility index (Phi) is 8.29. The van der Waals surface area contributed by atoms with Gasteiger partial charge in [-0.1, -0.05) is 44.0 Å². The van der Waals surface area contributed by atoms with Crippen molar-refractivity contribution in [2.45, 2.75) is 78.9 Å². The van der Waals surface area contributed by atoms with Crippen LogP contribution in [-0.2, 0) is 13.0 Å². The van der Waals surface area contributed by atoms with E-state index in [2.05, 4.69) is 6.92 Å². The molecule has 0 spiro atoms. The highest BCUT2D eigenvalue weighted by molar-refractivity contribution is 5.76. The Balaban J connectivity index is 0.000000188. The van der Waals surface area contributed by atoms with Crippen LogP contribution in [0.2, 0.25) is 0 Å². The summed E-state index contributed by atoms with van der Waals surface area (Å²) in [6.07, 6.45) is 6.05. The minimum absolute atomic E-state index is 0. The fourth-order valence-electron chi connectivity index (χ4n) is 5.66. The van der Waals surface area contributed by atoms with Crippen LogP contribution in [0.3, 0.4) is 0 Å². The van der Waals surface area contributed by atoms with E-state index in [0.717, 1.165) is 30.7 Å². The molecule has 216 valence electrons. The molecular weight excluding hydrogens is 520 g/mol. The Labute approximate surface area is 234 Å². The number of hydrogen-bond acceptors (Lipinski definition) is 3. The van der Waals surface area contributed by atoms with Crippen LogP contribution in [0.25, 0.3) is 11.1 Å². The second-order valence-electron chi connectivity index (χ2n) is 11.5. The van der Waals surface area contributed by atoms with E-state index in [9.17, 15) is 17.6 Å². The molecule has 6 rings (SSSR count). The van der Waals surface area contributed by atoms with Gasteiger partial charge in [-0.15, -0.1) is 0 Å². The first-order chi connectivity index (χ1) is 19.1. The molecule has 3 aromatic carbocycles. The summed E-state index contributed by atoms with van der Waals surface area (Å²) < 4.78 is 72.7. The smallest absolute Gasteiger partial charge is 0.204 e. The lowest BCUT2D eigenvalue weighted by Crippen LogP contribution is -2.22. The molecule has 0 amide bonds. The van der Waals surface area contributed by atoms with Crippen molar-refractivity contribution in [1.29, 1.82) is 0 Å². The van der Waals surface area contributed by atoms with E-state index < -0.39 is 11.6 Å². The molecule has 3 aromatic rings. The number of ether oxygens (including phenoxy) is 3. The summed E-state index contributed by atoms with van der Waals surface area (Å²) in [5, 5.41) is 0. The van der Waals surface area contributed by atoms with Gasteiger partial charge in [0.05, 0.1) is 12.7 Å². The molecule has 7 heteroatoms. The Morgan fingerprint density at radius 2 is 1.48 bits per heavy atom. The summed E-state index contributed by atoms with van der Waals surface area (Å²) in [6.45, 7) is 8.08. The van der Waals surface area contributed by atoms with Crippen molar-refractivity contribution in [3.05, 3.63) is 75.9 Å². The second kappa shape index (κ2) is 11.7. The van der Waals surface area contributed by atoms with Crippen molar-refractivity contribution >= 4 is 0 Å². The van der Waals surface area contributed by atoms with Crippen LogP contribution in [-0.4, -0.2) is 12.7 Å². The predicted octanol–water partition coefficient (Wildman–Crippen LogP) is 9.27. The van der Waals surface area contributed by atoms with E-state index in [1.54, 1.807) is 38.1 Å². The number of halogens is 4. The SMILES string of the molecule is CC1CCC(COc2cc3c(c(F)c2F)OC(C)CC3)CC1.Cc1ccc2c(c1F)COc1c-2ccc(C)c1F.[HH]. The highest BCUT2D eigenvalue weighted by Crippen LogP contribution is 2.41. The van der Waals surface area contributed by atoms with Crippen molar-refractivity contribution in [3.63, 3.8) is 0 Å². The summed E-state index contributed by atoms with van der Waals surface area (Å²) >= 11 is 0. The minimum Gasteiger partial charge on any atom is -0.490 e. The van der Waals surface area contributed by atoms with Crippen LogP contribution in [0.15, 0.2) is 30.3 Å². The normalized spacial score (nSPS) is 21.1. The first kappa shape index (κ1) is 28.3. The quantitative estimate of drug-likeness (QED) is 0.300. The molecule has 2 heterocycles. The third kappa shape index (κ3) is 5.65. The molecule has 0 radical (unpaired) electrons. The molecule has 0 aromatic heterocycles. The monoisotopic (exact) mass is 558 g/mol. The van der Waals surface area contributed by atoms with E-state index in [-0.39, 0.29) is 43.0 Å². The van der Waals surface area contributed by atoms with Crippen LogP contribution in [0.1, 0.15) is 69.6 Å². The van der Waals surface area contributed by atoms with Gasteiger partial charge >= 0.3 is 0 Å². The standard InChI is InChI=1S/C18H24F2O2.C15H12F2O.H2/c1-11-3-6-13(7-4-11)10-21-15-9-14-8-5-12(2)22-18(14)17(20)16(15)19;1-8-3-5-10-11-6-4-9(2)14(17)15(11)18-7-12(10)13(8)16;/h9,11-13H,3-8,10H2,1-2H3;3-6H,7H2,1-2H3;1H. The third-order valence-electron chi connectivity index (χ3n) is 8.33. The van der Waals surface area contributed by atoms with Gasteiger partial charge in [-0.3, -0.25) is 0 Å². The molecule has 1 saturated carbocycles. The van der Waals surface area contributed by atoms with Crippen LogP contribution in [0.4, 0.5) is 17.6 Å². The maximum absolute atomic E-state index is 14.2. The number of hydrogen-bond donors (Lipinski definition) is 0. The molecule has 40 heavy (non-hydrogen) atoms. The minimum atomic E-state index is -0.919. The highest BCUT2D eigenvalue weighted by atomic mass is 19.2. The second-order valence-corrected chi connectivity index (χ2v) is 11.5. The van der Waals surface area contributed by atoms with E-state index in [0.29, 0.717) is 46.8 Å². The van der Waals surface area contributed by atoms with Gasteiger partial charge in [-0.25, -0.2) is 8.78 Å². The van der Waals surface area contributed by atoms with Gasteiger partial charge in [0.15, 0.2) is 23.1 Å². The zero-order valence-corrected chi connectivity index (χ0v) is 23.5. The molecule has 1 unspecified atom stereocenters. The first-order valence-electron chi connectivity index (χ1n) is 14.1. The molecule has 2 aliphatic heterocycles. The topological polar surface area (TPSA) is 27.7 Å². The van der Waals surface area contributed by atoms with Crippen LogP contribution in [0, 0.1) is 49.0 Å². The van der Waals surface area contributed by atoms with Crippen molar-refractivity contribution < 1.29 is 33.2 Å². The fourth-order valence-corrected chi connectivity index (χ4v) is 5.66. The van der Waals surface area contributed by atoms with Gasteiger partial charge < -0.3 is 14.2 Å². The maximum Gasteiger partial charge on any atom is 0.204 e. The van der Waals surface area contributed by atoms with Gasteiger partial charge in [0.25, 0.3) is 0 Å². The largest absolute Gasteiger partial charge is 0.490 e. The molecular formula is C33H38F4O3. The van der Waals surface area contributed by atoms with E-state index in [4.69, 9.17) is 14.2 Å². The molecule has 1 aliphatic carbocycles. The van der Waals surface area contributed by atoms with Gasteiger partial charge in [0.1, 0.15) is 12.4 Å².